The van der Waals surface area contributed by atoms with Crippen molar-refractivity contribution in [3.63, 3.8) is 0 Å². The maximum absolute atomic E-state index is 7.08. The van der Waals surface area contributed by atoms with Gasteiger partial charge in [-0.15, -0.1) is 0 Å². The summed E-state index contributed by atoms with van der Waals surface area (Å²) in [7, 11) is 6.01. The SMILES string of the molecule is COc1ccc2c3c1O[C@@H]1C34CCN(C)[C@H](C2)C42CC[C@@]1(OC)[C@@H](COCc1ccccc1)[C@@H]2C. The van der Waals surface area contributed by atoms with Crippen molar-refractivity contribution in [1.82, 2.24) is 4.90 Å². The van der Waals surface area contributed by atoms with Gasteiger partial charge < -0.3 is 23.8 Å². The number of hydrogen-bond donors (Lipinski definition) is 0. The lowest BCUT2D eigenvalue weighted by atomic mass is 9.32. The third-order valence-corrected chi connectivity index (χ3v) is 11.0. The number of likely N-dealkylation sites (tertiary alicyclic amines) is 1. The molecule has 4 aliphatic carbocycles. The molecule has 2 aromatic rings. The normalized spacial score (nSPS) is 40.3. The van der Waals surface area contributed by atoms with E-state index in [9.17, 15) is 0 Å². The molecule has 3 saturated carbocycles. The van der Waals surface area contributed by atoms with Crippen LogP contribution >= 0.6 is 0 Å². The number of fused-ring (bicyclic) bond motifs is 2. The van der Waals surface area contributed by atoms with Gasteiger partial charge >= 0.3 is 0 Å². The number of piperidine rings is 1. The Hall–Kier alpha value is -2.08. The number of rotatable bonds is 6. The molecule has 5 heteroatoms. The molecule has 2 aliphatic heterocycles. The monoisotopic (exact) mass is 475 g/mol. The van der Waals surface area contributed by atoms with Crippen LogP contribution in [-0.4, -0.2) is 57.1 Å². The Morgan fingerprint density at radius 3 is 2.66 bits per heavy atom. The lowest BCUT2D eigenvalue weighted by Gasteiger charge is -2.76. The van der Waals surface area contributed by atoms with E-state index >= 15 is 0 Å². The highest BCUT2D eigenvalue weighted by atomic mass is 16.6. The van der Waals surface area contributed by atoms with Crippen LogP contribution in [0.2, 0.25) is 0 Å². The molecule has 4 bridgehead atoms. The van der Waals surface area contributed by atoms with Gasteiger partial charge in [-0.05, 0) is 62.4 Å². The lowest BCUT2D eigenvalue weighted by Crippen LogP contribution is -2.83. The van der Waals surface area contributed by atoms with E-state index in [0.717, 1.165) is 37.3 Å². The van der Waals surface area contributed by atoms with Crippen molar-refractivity contribution in [2.75, 3.05) is 34.4 Å². The first-order valence-electron chi connectivity index (χ1n) is 13.3. The third kappa shape index (κ3) is 2.45. The highest BCUT2D eigenvalue weighted by Gasteiger charge is 2.82. The lowest BCUT2D eigenvalue weighted by molar-refractivity contribution is -0.306. The molecule has 0 radical (unpaired) electrons. The number of methoxy groups -OCH3 is 2. The average molecular weight is 476 g/mol. The minimum absolute atomic E-state index is 0.00294. The maximum Gasteiger partial charge on any atom is 0.165 e. The molecule has 0 aromatic heterocycles. The standard InChI is InChI=1S/C30H37NO4/c1-19-22(18-34-17-20-8-6-5-7-9-20)30(33-4)13-12-28(19)24-16-21-10-11-23(32-3)26-25(21)29(28,27(30)35-26)14-15-31(24)2/h5-11,19,22,24,27H,12-18H2,1-4H3/t19-,22-,24+,27+,28?,29?,30+/m0/s1. The van der Waals surface area contributed by atoms with Crippen molar-refractivity contribution >= 4 is 0 Å². The minimum Gasteiger partial charge on any atom is -0.493 e. The molecular weight excluding hydrogens is 438 g/mol. The molecule has 35 heavy (non-hydrogen) atoms. The van der Waals surface area contributed by atoms with Crippen LogP contribution in [0.1, 0.15) is 42.9 Å². The first-order valence-corrected chi connectivity index (χ1v) is 13.3. The van der Waals surface area contributed by atoms with Gasteiger partial charge in [-0.2, -0.15) is 0 Å². The van der Waals surface area contributed by atoms with Gasteiger partial charge in [0.25, 0.3) is 0 Å². The molecule has 4 fully saturated rings. The highest BCUT2D eigenvalue weighted by Crippen LogP contribution is 2.78. The van der Waals surface area contributed by atoms with Crippen molar-refractivity contribution in [1.29, 1.82) is 0 Å². The molecule has 2 aromatic carbocycles. The van der Waals surface area contributed by atoms with E-state index in [1.165, 1.54) is 23.1 Å². The van der Waals surface area contributed by atoms with Crippen molar-refractivity contribution in [2.45, 2.75) is 62.4 Å². The van der Waals surface area contributed by atoms with Crippen LogP contribution in [0.4, 0.5) is 0 Å². The quantitative estimate of drug-likeness (QED) is 0.611. The number of benzene rings is 2. The van der Waals surface area contributed by atoms with Crippen LogP contribution < -0.4 is 9.47 Å². The van der Waals surface area contributed by atoms with Gasteiger partial charge in [0.2, 0.25) is 0 Å². The predicted octanol–water partition coefficient (Wildman–Crippen LogP) is 4.60. The predicted molar refractivity (Wildman–Crippen MR) is 134 cm³/mol. The maximum atomic E-state index is 7.08. The number of nitrogens with zero attached hydrogens (tertiary/aromatic N) is 1. The molecule has 2 spiro atoms. The first kappa shape index (κ1) is 22.1. The Balaban J connectivity index is 1.36. The highest BCUT2D eigenvalue weighted by molar-refractivity contribution is 5.63. The van der Waals surface area contributed by atoms with Crippen LogP contribution in [0.5, 0.6) is 11.5 Å². The second-order valence-electron chi connectivity index (χ2n) is 11.6. The Labute approximate surface area is 208 Å². The third-order valence-electron chi connectivity index (χ3n) is 11.0. The summed E-state index contributed by atoms with van der Waals surface area (Å²) in [5.41, 5.74) is 3.88. The van der Waals surface area contributed by atoms with E-state index in [0.29, 0.717) is 25.2 Å². The Kier molecular flexibility index (Phi) is 4.73. The molecular formula is C30H37NO4. The summed E-state index contributed by atoms with van der Waals surface area (Å²) in [5, 5.41) is 0. The van der Waals surface area contributed by atoms with Gasteiger partial charge in [0, 0.05) is 35.5 Å². The van der Waals surface area contributed by atoms with Crippen LogP contribution in [0, 0.1) is 17.3 Å². The molecule has 2 heterocycles. The smallest absolute Gasteiger partial charge is 0.165 e. The minimum atomic E-state index is -0.364. The second-order valence-corrected chi connectivity index (χ2v) is 11.6. The molecule has 6 aliphatic rings. The fourth-order valence-electron chi connectivity index (χ4n) is 9.66. The van der Waals surface area contributed by atoms with Gasteiger partial charge in [0.15, 0.2) is 11.5 Å². The van der Waals surface area contributed by atoms with E-state index in [1.807, 2.05) is 7.11 Å². The Bertz CT molecular complexity index is 1150. The van der Waals surface area contributed by atoms with Gasteiger partial charge in [-0.25, -0.2) is 0 Å². The summed E-state index contributed by atoms with van der Waals surface area (Å²) in [6, 6.07) is 15.4. The Morgan fingerprint density at radius 1 is 1.06 bits per heavy atom. The zero-order valence-corrected chi connectivity index (χ0v) is 21.4. The number of hydrogen-bond acceptors (Lipinski definition) is 5. The molecule has 1 saturated heterocycles. The number of likely N-dealkylation sites (N-methyl/N-ethyl adjacent to an activating group) is 1. The zero-order valence-electron chi connectivity index (χ0n) is 21.4. The van der Waals surface area contributed by atoms with E-state index in [1.54, 1.807) is 7.11 Å². The summed E-state index contributed by atoms with van der Waals surface area (Å²) >= 11 is 0. The van der Waals surface area contributed by atoms with Crippen LogP contribution in [0.25, 0.3) is 0 Å². The summed E-state index contributed by atoms with van der Waals surface area (Å²) in [4.78, 5) is 2.65. The summed E-state index contributed by atoms with van der Waals surface area (Å²) in [5.74, 6) is 2.60. The number of ether oxygens (including phenoxy) is 4. The van der Waals surface area contributed by atoms with E-state index < -0.39 is 0 Å². The fourth-order valence-corrected chi connectivity index (χ4v) is 9.66. The molecule has 5 nitrogen and oxygen atoms in total. The molecule has 0 N–H and O–H groups in total. The zero-order chi connectivity index (χ0) is 24.0. The molecule has 7 atom stereocenters. The average Bonchev–Trinajstić information content (AvgIpc) is 3.25. The molecule has 8 rings (SSSR count). The van der Waals surface area contributed by atoms with Crippen molar-refractivity contribution in [3.05, 3.63) is 59.2 Å². The molecule has 2 unspecified atom stereocenters. The van der Waals surface area contributed by atoms with E-state index in [4.69, 9.17) is 18.9 Å². The van der Waals surface area contributed by atoms with Gasteiger partial charge in [-0.1, -0.05) is 43.3 Å². The molecule has 186 valence electrons. The van der Waals surface area contributed by atoms with Gasteiger partial charge in [0.1, 0.15) is 11.7 Å². The van der Waals surface area contributed by atoms with Gasteiger partial charge in [0.05, 0.1) is 20.3 Å². The fraction of sp³-hybridized carbons (Fsp3) is 0.600. The van der Waals surface area contributed by atoms with Crippen LogP contribution in [0.3, 0.4) is 0 Å². The summed E-state index contributed by atoms with van der Waals surface area (Å²) in [6.45, 7) is 4.92. The summed E-state index contributed by atoms with van der Waals surface area (Å²) < 4.78 is 26.0. The van der Waals surface area contributed by atoms with Gasteiger partial charge in [-0.3, -0.25) is 0 Å². The first-order chi connectivity index (χ1) is 17.0. The van der Waals surface area contributed by atoms with Crippen molar-refractivity contribution in [2.24, 2.45) is 17.3 Å². The molecule has 0 amide bonds. The summed E-state index contributed by atoms with van der Waals surface area (Å²) in [6.07, 6.45) is 4.40. The van der Waals surface area contributed by atoms with E-state index in [2.05, 4.69) is 61.3 Å². The van der Waals surface area contributed by atoms with Crippen molar-refractivity contribution in [3.8, 4) is 11.5 Å². The van der Waals surface area contributed by atoms with Crippen LogP contribution in [0.15, 0.2) is 42.5 Å². The van der Waals surface area contributed by atoms with Crippen molar-refractivity contribution < 1.29 is 18.9 Å². The topological polar surface area (TPSA) is 40.2 Å². The van der Waals surface area contributed by atoms with Crippen LogP contribution in [-0.2, 0) is 27.9 Å². The van der Waals surface area contributed by atoms with E-state index in [-0.39, 0.29) is 28.5 Å². The largest absolute Gasteiger partial charge is 0.493 e. The Morgan fingerprint density at radius 2 is 1.89 bits per heavy atom. The second kappa shape index (κ2) is 7.47.